The van der Waals surface area contributed by atoms with E-state index in [9.17, 15) is 4.79 Å². The third kappa shape index (κ3) is 2.25. The van der Waals surface area contributed by atoms with Gasteiger partial charge in [0.15, 0.2) is 0 Å². The van der Waals surface area contributed by atoms with E-state index in [-0.39, 0.29) is 12.1 Å². The van der Waals surface area contributed by atoms with Gasteiger partial charge in [-0.2, -0.15) is 0 Å². The van der Waals surface area contributed by atoms with Crippen LogP contribution in [0.3, 0.4) is 0 Å². The minimum atomic E-state index is -0.193. The second-order valence-corrected chi connectivity index (χ2v) is 3.42. The predicted molar refractivity (Wildman–Crippen MR) is 58.8 cm³/mol. The average molecular weight is 216 g/mol. The molecule has 0 saturated heterocycles. The lowest BCUT2D eigenvalue weighted by atomic mass is 10.1. The molecule has 2 aromatic rings. The largest absolute Gasteiger partial charge is 0.331 e. The summed E-state index contributed by atoms with van der Waals surface area (Å²) in [6.07, 6.45) is 8.05. The Morgan fingerprint density at radius 1 is 1.31 bits per heavy atom. The normalized spacial score (nSPS) is 12.1. The number of aromatic nitrogens is 3. The summed E-state index contributed by atoms with van der Waals surface area (Å²) in [6, 6.07) is 3.50. The van der Waals surface area contributed by atoms with Crippen molar-refractivity contribution < 1.29 is 4.79 Å². The molecule has 82 valence electrons. The maximum atomic E-state index is 11.7. The highest BCUT2D eigenvalue weighted by Crippen LogP contribution is 2.10. The van der Waals surface area contributed by atoms with Crippen molar-refractivity contribution in [3.8, 4) is 0 Å². The second kappa shape index (κ2) is 4.57. The molecule has 1 N–H and O–H groups in total. The lowest BCUT2D eigenvalue weighted by molar-refractivity contribution is 0.239. The van der Waals surface area contributed by atoms with Crippen molar-refractivity contribution in [2.75, 3.05) is 0 Å². The number of nitrogens with one attached hydrogen (secondary N) is 1. The zero-order valence-corrected chi connectivity index (χ0v) is 8.87. The fraction of sp³-hybridized carbons (Fsp3) is 0.182. The van der Waals surface area contributed by atoms with Crippen LogP contribution in [-0.2, 0) is 0 Å². The van der Waals surface area contributed by atoms with Crippen LogP contribution in [-0.4, -0.2) is 20.6 Å². The van der Waals surface area contributed by atoms with E-state index in [0.717, 1.165) is 5.56 Å². The highest BCUT2D eigenvalue weighted by Gasteiger charge is 2.09. The molecule has 0 saturated carbocycles. The number of amides is 1. The molecule has 0 radical (unpaired) electrons. The van der Waals surface area contributed by atoms with Crippen LogP contribution in [0.4, 0.5) is 4.79 Å². The fourth-order valence-corrected chi connectivity index (χ4v) is 1.37. The highest BCUT2D eigenvalue weighted by molar-refractivity contribution is 5.76. The molecule has 1 amide bonds. The molecular weight excluding hydrogens is 204 g/mol. The Balaban J connectivity index is 2.03. The number of pyridine rings is 1. The van der Waals surface area contributed by atoms with Gasteiger partial charge in [-0.25, -0.2) is 9.78 Å². The summed E-state index contributed by atoms with van der Waals surface area (Å²) < 4.78 is 1.40. The van der Waals surface area contributed by atoms with Gasteiger partial charge >= 0.3 is 6.03 Å². The summed E-state index contributed by atoms with van der Waals surface area (Å²) in [6.45, 7) is 1.92. The Morgan fingerprint density at radius 2 is 2.06 bits per heavy atom. The molecule has 0 bridgehead atoms. The standard InChI is InChI=1S/C11H12N4O/c1-9(10-2-4-12-5-3-10)14-11(16)15-7-6-13-8-15/h2-9H,1H3,(H,14,16)/t9-/m1/s1. The number of rotatable bonds is 2. The Hall–Kier alpha value is -2.17. The number of carbonyl (C=O) groups is 1. The van der Waals surface area contributed by atoms with Crippen molar-refractivity contribution >= 4 is 6.03 Å². The summed E-state index contributed by atoms with van der Waals surface area (Å²) in [7, 11) is 0. The summed E-state index contributed by atoms with van der Waals surface area (Å²) in [5, 5.41) is 2.85. The molecule has 2 heterocycles. The molecule has 5 nitrogen and oxygen atoms in total. The zero-order chi connectivity index (χ0) is 11.4. The summed E-state index contributed by atoms with van der Waals surface area (Å²) in [5.74, 6) is 0. The van der Waals surface area contributed by atoms with Gasteiger partial charge in [-0.1, -0.05) is 0 Å². The van der Waals surface area contributed by atoms with E-state index in [2.05, 4.69) is 15.3 Å². The van der Waals surface area contributed by atoms with Crippen LogP contribution in [0.2, 0.25) is 0 Å². The maximum Gasteiger partial charge on any atom is 0.327 e. The first-order chi connectivity index (χ1) is 7.77. The molecule has 5 heteroatoms. The third-order valence-corrected chi connectivity index (χ3v) is 2.28. The van der Waals surface area contributed by atoms with Crippen LogP contribution in [0.5, 0.6) is 0 Å². The van der Waals surface area contributed by atoms with E-state index in [1.807, 2.05) is 19.1 Å². The first kappa shape index (κ1) is 10.4. The molecule has 2 aromatic heterocycles. The van der Waals surface area contributed by atoms with Crippen LogP contribution >= 0.6 is 0 Å². The van der Waals surface area contributed by atoms with Crippen molar-refractivity contribution in [3.63, 3.8) is 0 Å². The van der Waals surface area contributed by atoms with Crippen molar-refractivity contribution in [2.24, 2.45) is 0 Å². The van der Waals surface area contributed by atoms with Crippen molar-refractivity contribution in [3.05, 3.63) is 48.8 Å². The van der Waals surface area contributed by atoms with E-state index in [1.54, 1.807) is 24.8 Å². The second-order valence-electron chi connectivity index (χ2n) is 3.42. The number of carbonyl (C=O) groups excluding carboxylic acids is 1. The van der Waals surface area contributed by atoms with E-state index in [4.69, 9.17) is 0 Å². The Bertz CT molecular complexity index is 452. The Labute approximate surface area is 93.2 Å². The number of imidazole rings is 1. The molecule has 0 unspecified atom stereocenters. The summed E-state index contributed by atoms with van der Waals surface area (Å²) >= 11 is 0. The molecule has 0 aromatic carbocycles. The van der Waals surface area contributed by atoms with Gasteiger partial charge in [0.05, 0.1) is 6.04 Å². The quantitative estimate of drug-likeness (QED) is 0.829. The Morgan fingerprint density at radius 3 is 2.69 bits per heavy atom. The van der Waals surface area contributed by atoms with Gasteiger partial charge < -0.3 is 5.32 Å². The lowest BCUT2D eigenvalue weighted by Gasteiger charge is -2.13. The van der Waals surface area contributed by atoms with Gasteiger partial charge in [0.1, 0.15) is 6.33 Å². The number of hydrogen-bond acceptors (Lipinski definition) is 3. The maximum absolute atomic E-state index is 11.7. The van der Waals surface area contributed by atoms with E-state index >= 15 is 0 Å². The van der Waals surface area contributed by atoms with Crippen LogP contribution in [0.15, 0.2) is 43.2 Å². The topological polar surface area (TPSA) is 59.8 Å². The third-order valence-electron chi connectivity index (χ3n) is 2.28. The first-order valence-corrected chi connectivity index (χ1v) is 4.96. The zero-order valence-electron chi connectivity index (χ0n) is 8.87. The van der Waals surface area contributed by atoms with Gasteiger partial charge in [-0.15, -0.1) is 0 Å². The molecule has 0 fully saturated rings. The minimum Gasteiger partial charge on any atom is -0.331 e. The van der Waals surface area contributed by atoms with E-state index < -0.39 is 0 Å². The molecular formula is C11H12N4O. The molecule has 0 spiro atoms. The lowest BCUT2D eigenvalue weighted by Crippen LogP contribution is -2.30. The van der Waals surface area contributed by atoms with Gasteiger partial charge in [0.25, 0.3) is 0 Å². The number of nitrogens with zero attached hydrogens (tertiary/aromatic N) is 3. The molecule has 0 aliphatic rings. The van der Waals surface area contributed by atoms with Crippen LogP contribution in [0.1, 0.15) is 18.5 Å². The highest BCUT2D eigenvalue weighted by atomic mass is 16.2. The predicted octanol–water partition coefficient (Wildman–Crippen LogP) is 1.60. The SMILES string of the molecule is C[C@@H](NC(=O)n1ccnc1)c1ccncc1. The molecule has 0 aliphatic heterocycles. The average Bonchev–Trinajstić information content (AvgIpc) is 2.83. The van der Waals surface area contributed by atoms with Crippen molar-refractivity contribution in [1.82, 2.24) is 19.9 Å². The van der Waals surface area contributed by atoms with Crippen molar-refractivity contribution in [1.29, 1.82) is 0 Å². The fourth-order valence-electron chi connectivity index (χ4n) is 1.37. The van der Waals surface area contributed by atoms with Crippen LogP contribution in [0, 0.1) is 0 Å². The van der Waals surface area contributed by atoms with Gasteiger partial charge in [-0.05, 0) is 24.6 Å². The van der Waals surface area contributed by atoms with Gasteiger partial charge in [-0.3, -0.25) is 9.55 Å². The summed E-state index contributed by atoms with van der Waals surface area (Å²) in [5.41, 5.74) is 1.02. The van der Waals surface area contributed by atoms with E-state index in [0.29, 0.717) is 0 Å². The first-order valence-electron chi connectivity index (χ1n) is 4.96. The molecule has 0 aliphatic carbocycles. The minimum absolute atomic E-state index is 0.0575. The molecule has 2 rings (SSSR count). The van der Waals surface area contributed by atoms with Crippen LogP contribution in [0.25, 0.3) is 0 Å². The molecule has 1 atom stereocenters. The van der Waals surface area contributed by atoms with Crippen LogP contribution < -0.4 is 5.32 Å². The monoisotopic (exact) mass is 216 g/mol. The van der Waals surface area contributed by atoms with Gasteiger partial charge in [0, 0.05) is 24.8 Å². The number of hydrogen-bond donors (Lipinski definition) is 1. The molecule has 16 heavy (non-hydrogen) atoms. The summed E-state index contributed by atoms with van der Waals surface area (Å²) in [4.78, 5) is 19.4. The van der Waals surface area contributed by atoms with Gasteiger partial charge in [0.2, 0.25) is 0 Å². The smallest absolute Gasteiger partial charge is 0.327 e. The Kier molecular flexibility index (Phi) is 2.95. The van der Waals surface area contributed by atoms with E-state index in [1.165, 1.54) is 10.9 Å². The van der Waals surface area contributed by atoms with Crippen molar-refractivity contribution in [2.45, 2.75) is 13.0 Å².